The highest BCUT2D eigenvalue weighted by Gasteiger charge is 2.10. The van der Waals surface area contributed by atoms with Crippen molar-refractivity contribution >= 4 is 17.3 Å². The van der Waals surface area contributed by atoms with Crippen LogP contribution < -0.4 is 10.1 Å². The Labute approximate surface area is 147 Å². The van der Waals surface area contributed by atoms with Crippen molar-refractivity contribution in [1.82, 2.24) is 10.2 Å². The SMILES string of the molecule is CN=C(NCC(C)c1ccsc1)N(C)CCOc1ccccc1F. The lowest BCUT2D eigenvalue weighted by atomic mass is 10.1. The van der Waals surface area contributed by atoms with Crippen LogP contribution in [0.25, 0.3) is 0 Å². The second kappa shape index (κ2) is 9.27. The fourth-order valence-corrected chi connectivity index (χ4v) is 3.04. The lowest BCUT2D eigenvalue weighted by Crippen LogP contribution is -2.42. The first-order valence-electron chi connectivity index (χ1n) is 7.93. The second-order valence-electron chi connectivity index (χ2n) is 5.59. The largest absolute Gasteiger partial charge is 0.489 e. The molecule has 0 aliphatic rings. The number of hydrogen-bond donors (Lipinski definition) is 1. The van der Waals surface area contributed by atoms with Crippen molar-refractivity contribution in [2.24, 2.45) is 4.99 Å². The second-order valence-corrected chi connectivity index (χ2v) is 6.37. The molecule has 6 heteroatoms. The normalized spacial score (nSPS) is 12.8. The molecule has 0 spiro atoms. The summed E-state index contributed by atoms with van der Waals surface area (Å²) in [5.41, 5.74) is 1.33. The summed E-state index contributed by atoms with van der Waals surface area (Å²) in [6, 6.07) is 8.57. The lowest BCUT2D eigenvalue weighted by molar-refractivity contribution is 0.270. The number of halogens is 1. The lowest BCUT2D eigenvalue weighted by Gasteiger charge is -2.23. The van der Waals surface area contributed by atoms with Crippen molar-refractivity contribution in [3.63, 3.8) is 0 Å². The molecule has 1 atom stereocenters. The summed E-state index contributed by atoms with van der Waals surface area (Å²) < 4.78 is 19.0. The molecule has 1 unspecified atom stereocenters. The van der Waals surface area contributed by atoms with Gasteiger partial charge < -0.3 is 15.0 Å². The molecule has 0 aliphatic heterocycles. The van der Waals surface area contributed by atoms with Crippen LogP contribution in [0.3, 0.4) is 0 Å². The van der Waals surface area contributed by atoms with Gasteiger partial charge in [-0.1, -0.05) is 19.1 Å². The van der Waals surface area contributed by atoms with E-state index in [1.807, 2.05) is 11.9 Å². The van der Waals surface area contributed by atoms with Crippen molar-refractivity contribution in [3.8, 4) is 5.75 Å². The molecule has 24 heavy (non-hydrogen) atoms. The summed E-state index contributed by atoms with van der Waals surface area (Å²) in [7, 11) is 3.70. The first-order chi connectivity index (χ1) is 11.6. The molecule has 0 saturated heterocycles. The molecule has 1 aromatic carbocycles. The summed E-state index contributed by atoms with van der Waals surface area (Å²) in [6.45, 7) is 3.99. The number of thiophene rings is 1. The van der Waals surface area contributed by atoms with Gasteiger partial charge in [0.2, 0.25) is 0 Å². The quantitative estimate of drug-likeness (QED) is 0.613. The van der Waals surface area contributed by atoms with Crippen LogP contribution in [0.5, 0.6) is 5.75 Å². The maximum Gasteiger partial charge on any atom is 0.193 e. The van der Waals surface area contributed by atoms with Crippen molar-refractivity contribution in [3.05, 3.63) is 52.5 Å². The first kappa shape index (κ1) is 18.3. The number of rotatable bonds is 7. The van der Waals surface area contributed by atoms with Crippen LogP contribution >= 0.6 is 11.3 Å². The van der Waals surface area contributed by atoms with E-state index in [0.717, 1.165) is 12.5 Å². The van der Waals surface area contributed by atoms with Crippen LogP contribution in [0, 0.1) is 5.82 Å². The fourth-order valence-electron chi connectivity index (χ4n) is 2.26. The van der Waals surface area contributed by atoms with E-state index in [0.29, 0.717) is 19.1 Å². The van der Waals surface area contributed by atoms with Gasteiger partial charge >= 0.3 is 0 Å². The van der Waals surface area contributed by atoms with Gasteiger partial charge in [-0.3, -0.25) is 4.99 Å². The van der Waals surface area contributed by atoms with Gasteiger partial charge in [0.05, 0.1) is 6.54 Å². The predicted molar refractivity (Wildman–Crippen MR) is 98.6 cm³/mol. The average molecular weight is 349 g/mol. The highest BCUT2D eigenvalue weighted by Crippen LogP contribution is 2.17. The Balaban J connectivity index is 1.77. The van der Waals surface area contributed by atoms with Gasteiger partial charge in [-0.15, -0.1) is 0 Å². The Morgan fingerprint density at radius 1 is 1.38 bits per heavy atom. The third kappa shape index (κ3) is 5.23. The van der Waals surface area contributed by atoms with E-state index in [-0.39, 0.29) is 11.6 Å². The number of nitrogens with zero attached hydrogens (tertiary/aromatic N) is 2. The molecule has 0 bridgehead atoms. The molecule has 130 valence electrons. The number of guanidine groups is 1. The molecule has 2 aromatic rings. The van der Waals surface area contributed by atoms with Crippen LogP contribution in [-0.2, 0) is 0 Å². The summed E-state index contributed by atoms with van der Waals surface area (Å²) in [6.07, 6.45) is 0. The fraction of sp³-hybridized carbons (Fsp3) is 0.389. The molecule has 1 heterocycles. The molecule has 1 aromatic heterocycles. The van der Waals surface area contributed by atoms with E-state index in [9.17, 15) is 4.39 Å². The molecule has 2 rings (SSSR count). The molecule has 0 saturated carbocycles. The zero-order chi connectivity index (χ0) is 17.4. The van der Waals surface area contributed by atoms with Gasteiger partial charge in [0.25, 0.3) is 0 Å². The Morgan fingerprint density at radius 2 is 2.17 bits per heavy atom. The molecular formula is C18H24FN3OS. The van der Waals surface area contributed by atoms with Gasteiger partial charge in [0, 0.05) is 20.6 Å². The Hall–Kier alpha value is -2.08. The molecule has 4 nitrogen and oxygen atoms in total. The molecule has 0 amide bonds. The van der Waals surface area contributed by atoms with Crippen molar-refractivity contribution in [2.45, 2.75) is 12.8 Å². The monoisotopic (exact) mass is 349 g/mol. The standard InChI is InChI=1S/C18H24FN3OS/c1-14(15-8-11-24-13-15)12-21-18(20-2)22(3)9-10-23-17-7-5-4-6-16(17)19/h4-8,11,13-14H,9-10,12H2,1-3H3,(H,20,21). The molecule has 1 N–H and O–H groups in total. The van der Waals surface area contributed by atoms with Crippen molar-refractivity contribution in [1.29, 1.82) is 0 Å². The van der Waals surface area contributed by atoms with E-state index >= 15 is 0 Å². The van der Waals surface area contributed by atoms with E-state index in [4.69, 9.17) is 4.74 Å². The van der Waals surface area contributed by atoms with E-state index in [1.54, 1.807) is 36.6 Å². The predicted octanol–water partition coefficient (Wildman–Crippen LogP) is 3.58. The molecular weight excluding hydrogens is 325 g/mol. The van der Waals surface area contributed by atoms with Gasteiger partial charge in [-0.2, -0.15) is 11.3 Å². The maximum atomic E-state index is 13.5. The minimum Gasteiger partial charge on any atom is -0.489 e. The Morgan fingerprint density at radius 3 is 2.83 bits per heavy atom. The summed E-state index contributed by atoms with van der Waals surface area (Å²) in [5, 5.41) is 7.63. The van der Waals surface area contributed by atoms with Crippen molar-refractivity contribution < 1.29 is 9.13 Å². The minimum atomic E-state index is -0.341. The number of benzene rings is 1. The first-order valence-corrected chi connectivity index (χ1v) is 8.87. The van der Waals surface area contributed by atoms with Crippen LogP contribution in [0.2, 0.25) is 0 Å². The van der Waals surface area contributed by atoms with E-state index < -0.39 is 0 Å². The molecule has 0 aliphatic carbocycles. The van der Waals surface area contributed by atoms with Gasteiger partial charge in [0.1, 0.15) is 6.61 Å². The van der Waals surface area contributed by atoms with Gasteiger partial charge in [0.15, 0.2) is 17.5 Å². The zero-order valence-corrected chi connectivity index (χ0v) is 15.1. The maximum absolute atomic E-state index is 13.5. The zero-order valence-electron chi connectivity index (χ0n) is 14.3. The summed E-state index contributed by atoms with van der Waals surface area (Å²) in [5.74, 6) is 1.15. The summed E-state index contributed by atoms with van der Waals surface area (Å²) in [4.78, 5) is 6.26. The number of ether oxygens (including phenoxy) is 1. The number of nitrogens with one attached hydrogen (secondary N) is 1. The smallest absolute Gasteiger partial charge is 0.193 e. The molecule has 0 radical (unpaired) electrons. The Bertz CT molecular complexity index is 645. The van der Waals surface area contributed by atoms with E-state index in [2.05, 4.69) is 34.1 Å². The molecule has 0 fully saturated rings. The third-order valence-electron chi connectivity index (χ3n) is 3.77. The van der Waals surface area contributed by atoms with Gasteiger partial charge in [-0.25, -0.2) is 4.39 Å². The Kier molecular flexibility index (Phi) is 7.06. The summed E-state index contributed by atoms with van der Waals surface area (Å²) >= 11 is 1.71. The van der Waals surface area contributed by atoms with Crippen LogP contribution in [0.4, 0.5) is 4.39 Å². The number of likely N-dealkylation sites (N-methyl/N-ethyl adjacent to an activating group) is 1. The number of aliphatic imine (C=N–C) groups is 1. The topological polar surface area (TPSA) is 36.9 Å². The van der Waals surface area contributed by atoms with Crippen LogP contribution in [-0.4, -0.2) is 44.7 Å². The number of para-hydroxylation sites is 1. The van der Waals surface area contributed by atoms with E-state index in [1.165, 1.54) is 11.6 Å². The van der Waals surface area contributed by atoms with Crippen molar-refractivity contribution in [2.75, 3.05) is 33.8 Å². The highest BCUT2D eigenvalue weighted by atomic mass is 32.1. The van der Waals surface area contributed by atoms with Crippen LogP contribution in [0.1, 0.15) is 18.4 Å². The highest BCUT2D eigenvalue weighted by molar-refractivity contribution is 7.07. The van der Waals surface area contributed by atoms with Gasteiger partial charge in [-0.05, 0) is 40.4 Å². The minimum absolute atomic E-state index is 0.278. The number of hydrogen-bond acceptors (Lipinski definition) is 3. The average Bonchev–Trinajstić information content (AvgIpc) is 3.11. The van der Waals surface area contributed by atoms with Crippen LogP contribution in [0.15, 0.2) is 46.1 Å². The third-order valence-corrected chi connectivity index (χ3v) is 4.47.